The van der Waals surface area contributed by atoms with Crippen molar-refractivity contribution < 1.29 is 28.6 Å². The first kappa shape index (κ1) is 62.3. The highest BCUT2D eigenvalue weighted by molar-refractivity contribution is 5.71. The summed E-state index contributed by atoms with van der Waals surface area (Å²) in [7, 11) is 0. The molecule has 0 aliphatic carbocycles. The van der Waals surface area contributed by atoms with Crippen LogP contribution in [0, 0.1) is 0 Å². The van der Waals surface area contributed by atoms with E-state index in [0.29, 0.717) is 19.3 Å². The van der Waals surface area contributed by atoms with Crippen LogP contribution in [0.25, 0.3) is 0 Å². The quantitative estimate of drug-likeness (QED) is 0.0262. The van der Waals surface area contributed by atoms with Crippen molar-refractivity contribution in [3.8, 4) is 0 Å². The fourth-order valence-corrected chi connectivity index (χ4v) is 7.25. The molecule has 6 nitrogen and oxygen atoms in total. The summed E-state index contributed by atoms with van der Waals surface area (Å²) in [4.78, 5) is 38.0. The molecule has 0 rings (SSSR count). The molecule has 0 unspecified atom stereocenters. The molecule has 0 aromatic heterocycles. The van der Waals surface area contributed by atoms with E-state index in [9.17, 15) is 14.4 Å². The minimum absolute atomic E-state index is 0.106. The van der Waals surface area contributed by atoms with Gasteiger partial charge < -0.3 is 14.2 Å². The molecule has 0 saturated carbocycles. The Morgan fingerprint density at radius 3 is 1.00 bits per heavy atom. The third-order valence-electron chi connectivity index (χ3n) is 11.3. The molecule has 0 amide bonds. The molecule has 0 spiro atoms. The molecule has 66 heavy (non-hydrogen) atoms. The molecule has 0 radical (unpaired) electrons. The maximum Gasteiger partial charge on any atom is 0.306 e. The number of rotatable bonds is 48. The molecule has 0 aromatic rings. The Balaban J connectivity index is 4.52. The summed E-state index contributed by atoms with van der Waals surface area (Å²) in [6.07, 6.45) is 71.1. The minimum atomic E-state index is -0.814. The summed E-state index contributed by atoms with van der Waals surface area (Å²) in [6, 6.07) is 0. The summed E-state index contributed by atoms with van der Waals surface area (Å²) in [6.45, 7) is 6.44. The van der Waals surface area contributed by atoms with Crippen LogP contribution in [-0.2, 0) is 28.6 Å². The summed E-state index contributed by atoms with van der Waals surface area (Å²) in [5.41, 5.74) is 0. The largest absolute Gasteiger partial charge is 0.462 e. The molecule has 0 fully saturated rings. The number of esters is 3. The Morgan fingerprint density at radius 2 is 0.606 bits per heavy atom. The van der Waals surface area contributed by atoms with Gasteiger partial charge in [-0.25, -0.2) is 0 Å². The van der Waals surface area contributed by atoms with Crippen LogP contribution in [0.3, 0.4) is 0 Å². The third kappa shape index (κ3) is 51.3. The second-order valence-corrected chi connectivity index (χ2v) is 17.8. The van der Waals surface area contributed by atoms with Crippen molar-refractivity contribution in [3.05, 3.63) is 97.2 Å². The van der Waals surface area contributed by atoms with Crippen molar-refractivity contribution in [1.82, 2.24) is 0 Å². The van der Waals surface area contributed by atoms with Crippen molar-refractivity contribution >= 4 is 17.9 Å². The van der Waals surface area contributed by atoms with Gasteiger partial charge in [-0.1, -0.05) is 227 Å². The Hall–Kier alpha value is -3.67. The predicted molar refractivity (Wildman–Crippen MR) is 284 cm³/mol. The van der Waals surface area contributed by atoms with Crippen molar-refractivity contribution in [1.29, 1.82) is 0 Å². The van der Waals surface area contributed by atoms with Crippen LogP contribution in [0.2, 0.25) is 0 Å². The number of ether oxygens (including phenoxy) is 3. The van der Waals surface area contributed by atoms with E-state index in [0.717, 1.165) is 89.9 Å². The summed E-state index contributed by atoms with van der Waals surface area (Å²) < 4.78 is 16.8. The normalized spacial score (nSPS) is 12.8. The van der Waals surface area contributed by atoms with Gasteiger partial charge >= 0.3 is 17.9 Å². The van der Waals surface area contributed by atoms with Gasteiger partial charge in [0.2, 0.25) is 0 Å². The van der Waals surface area contributed by atoms with E-state index in [1.54, 1.807) is 0 Å². The molecular weight excluding hydrogens is 817 g/mol. The predicted octanol–water partition coefficient (Wildman–Crippen LogP) is 18.1. The maximum absolute atomic E-state index is 12.8. The standard InChI is InChI=1S/C60H100O6/c1-4-7-10-13-16-19-22-25-27-29-30-32-34-36-39-42-45-48-51-54-60(63)66-57(55-64-58(61)52-49-46-43-40-37-24-21-18-15-12-9-6-3)56-65-59(62)53-50-47-44-41-38-35-33-31-28-26-23-20-17-14-11-8-5-2/h7,10,16,19,25-28,30,32-33,35-36,39,41,44,57H,4-6,8-9,11-15,17-18,20-24,29,31,34,37-38,40,42-43,45-56H2,1-3H3/b10-7-,19-16-,27-25-,28-26-,32-30-,35-33-,39-36-,44-41-/t57-/m0/s1. The number of hydrogen-bond donors (Lipinski definition) is 0. The smallest absolute Gasteiger partial charge is 0.306 e. The molecule has 0 N–H and O–H groups in total. The zero-order chi connectivity index (χ0) is 47.9. The fraction of sp³-hybridized carbons (Fsp3) is 0.683. The van der Waals surface area contributed by atoms with Gasteiger partial charge in [-0.05, 0) is 96.3 Å². The highest BCUT2D eigenvalue weighted by atomic mass is 16.6. The van der Waals surface area contributed by atoms with Gasteiger partial charge in [0.05, 0.1) is 0 Å². The van der Waals surface area contributed by atoms with Gasteiger partial charge in [0.25, 0.3) is 0 Å². The zero-order valence-corrected chi connectivity index (χ0v) is 42.9. The van der Waals surface area contributed by atoms with Crippen molar-refractivity contribution in [2.45, 2.75) is 252 Å². The molecule has 0 aliphatic heterocycles. The molecule has 0 heterocycles. The number of carbonyl (C=O) groups excluding carboxylic acids is 3. The van der Waals surface area contributed by atoms with Crippen LogP contribution in [0.4, 0.5) is 0 Å². The number of carbonyl (C=O) groups is 3. The van der Waals surface area contributed by atoms with Crippen LogP contribution in [0.5, 0.6) is 0 Å². The lowest BCUT2D eigenvalue weighted by molar-refractivity contribution is -0.167. The lowest BCUT2D eigenvalue weighted by Crippen LogP contribution is -2.30. The lowest BCUT2D eigenvalue weighted by Gasteiger charge is -2.18. The Labute approximate surface area is 407 Å². The van der Waals surface area contributed by atoms with E-state index in [1.165, 1.54) is 103 Å². The van der Waals surface area contributed by atoms with Gasteiger partial charge in [0.15, 0.2) is 6.10 Å². The molecular formula is C60H100O6. The third-order valence-corrected chi connectivity index (χ3v) is 11.3. The molecule has 6 heteroatoms. The highest BCUT2D eigenvalue weighted by Crippen LogP contribution is 2.14. The first-order valence-electron chi connectivity index (χ1n) is 27.2. The minimum Gasteiger partial charge on any atom is -0.462 e. The molecule has 376 valence electrons. The van der Waals surface area contributed by atoms with Crippen LogP contribution < -0.4 is 0 Å². The van der Waals surface area contributed by atoms with E-state index in [4.69, 9.17) is 14.2 Å². The second kappa shape index (κ2) is 53.9. The second-order valence-electron chi connectivity index (χ2n) is 17.8. The van der Waals surface area contributed by atoms with Crippen LogP contribution in [0.15, 0.2) is 97.2 Å². The number of unbranched alkanes of at least 4 members (excludes halogenated alkanes) is 21. The molecule has 0 aliphatic rings. The van der Waals surface area contributed by atoms with E-state index >= 15 is 0 Å². The van der Waals surface area contributed by atoms with Gasteiger partial charge in [0.1, 0.15) is 13.2 Å². The molecule has 1 atom stereocenters. The lowest BCUT2D eigenvalue weighted by atomic mass is 10.0. The summed E-state index contributed by atoms with van der Waals surface area (Å²) >= 11 is 0. The van der Waals surface area contributed by atoms with Gasteiger partial charge in [0, 0.05) is 19.3 Å². The number of allylic oxidation sites excluding steroid dienone is 16. The van der Waals surface area contributed by atoms with Crippen molar-refractivity contribution in [2.75, 3.05) is 13.2 Å². The first-order chi connectivity index (χ1) is 32.5. The highest BCUT2D eigenvalue weighted by Gasteiger charge is 2.19. The Morgan fingerprint density at radius 1 is 0.318 bits per heavy atom. The van der Waals surface area contributed by atoms with Gasteiger partial charge in [-0.3, -0.25) is 14.4 Å². The summed E-state index contributed by atoms with van der Waals surface area (Å²) in [5, 5.41) is 0. The zero-order valence-electron chi connectivity index (χ0n) is 42.9. The molecule has 0 saturated heterocycles. The molecule has 0 aromatic carbocycles. The monoisotopic (exact) mass is 917 g/mol. The van der Waals surface area contributed by atoms with Crippen molar-refractivity contribution in [2.24, 2.45) is 0 Å². The van der Waals surface area contributed by atoms with E-state index < -0.39 is 6.10 Å². The van der Waals surface area contributed by atoms with Gasteiger partial charge in [-0.15, -0.1) is 0 Å². The fourth-order valence-electron chi connectivity index (χ4n) is 7.25. The first-order valence-corrected chi connectivity index (χ1v) is 27.2. The average Bonchev–Trinajstić information content (AvgIpc) is 3.31. The van der Waals surface area contributed by atoms with Gasteiger partial charge in [-0.2, -0.15) is 0 Å². The number of hydrogen-bond acceptors (Lipinski definition) is 6. The van der Waals surface area contributed by atoms with Crippen LogP contribution >= 0.6 is 0 Å². The summed E-state index contributed by atoms with van der Waals surface area (Å²) in [5.74, 6) is -0.993. The Bertz CT molecular complexity index is 1330. The van der Waals surface area contributed by atoms with E-state index in [1.807, 2.05) is 0 Å². The Kier molecular flexibility index (Phi) is 50.9. The maximum atomic E-state index is 12.8. The van der Waals surface area contributed by atoms with E-state index in [2.05, 4.69) is 118 Å². The van der Waals surface area contributed by atoms with Crippen molar-refractivity contribution in [3.63, 3.8) is 0 Å². The van der Waals surface area contributed by atoms with Crippen LogP contribution in [-0.4, -0.2) is 37.2 Å². The van der Waals surface area contributed by atoms with E-state index in [-0.39, 0.29) is 44.0 Å². The van der Waals surface area contributed by atoms with Crippen LogP contribution in [0.1, 0.15) is 245 Å². The average molecular weight is 917 g/mol. The molecule has 0 bridgehead atoms. The topological polar surface area (TPSA) is 78.9 Å². The SMILES string of the molecule is CC/C=C\C/C=C\C/C=C\C/C=C\C/C=C\CCCCCC(=O)O[C@H](COC(=O)CCC/C=C\C/C=C\C/C=C\CCCCCCCC)COC(=O)CCCCCCCCCCCCCC.